The molecule has 1 amide bonds. The highest BCUT2D eigenvalue weighted by Gasteiger charge is 2.20. The average Bonchev–Trinajstić information content (AvgIpc) is 2.98. The molecule has 0 aliphatic carbocycles. The van der Waals surface area contributed by atoms with Crippen LogP contribution >= 0.6 is 22.9 Å². The van der Waals surface area contributed by atoms with Crippen molar-refractivity contribution in [2.75, 3.05) is 12.4 Å². The first-order valence-electron chi connectivity index (χ1n) is 7.50. The van der Waals surface area contributed by atoms with Gasteiger partial charge in [0, 0.05) is 6.20 Å². The summed E-state index contributed by atoms with van der Waals surface area (Å²) >= 11 is 7.63. The van der Waals surface area contributed by atoms with E-state index in [1.807, 2.05) is 37.1 Å². The molecule has 5 nitrogen and oxygen atoms in total. The Labute approximate surface area is 149 Å². The molecule has 0 saturated heterocycles. The van der Waals surface area contributed by atoms with Crippen molar-refractivity contribution in [1.29, 1.82) is 0 Å². The minimum Gasteiger partial charge on any atom is -0.322 e. The summed E-state index contributed by atoms with van der Waals surface area (Å²) in [4.78, 5) is 22.9. The maximum Gasteiger partial charge on any atom is 0.241 e. The third-order valence-corrected chi connectivity index (χ3v) is 5.10. The van der Waals surface area contributed by atoms with Crippen molar-refractivity contribution in [3.63, 3.8) is 0 Å². The van der Waals surface area contributed by atoms with Gasteiger partial charge in [-0.15, -0.1) is 11.3 Å². The van der Waals surface area contributed by atoms with Crippen LogP contribution in [0.25, 0.3) is 10.2 Å². The second kappa shape index (κ2) is 7.25. The Hall–Kier alpha value is -2.02. The molecule has 1 unspecified atom stereocenters. The van der Waals surface area contributed by atoms with E-state index in [9.17, 15) is 4.79 Å². The molecule has 0 aliphatic rings. The summed E-state index contributed by atoms with van der Waals surface area (Å²) in [7, 11) is 1.90. The largest absolute Gasteiger partial charge is 0.322 e. The minimum atomic E-state index is -0.326. The van der Waals surface area contributed by atoms with Crippen molar-refractivity contribution in [3.8, 4) is 0 Å². The first-order chi connectivity index (χ1) is 11.5. The van der Waals surface area contributed by atoms with E-state index in [0.29, 0.717) is 12.2 Å². The van der Waals surface area contributed by atoms with Crippen LogP contribution in [-0.2, 0) is 11.3 Å². The summed E-state index contributed by atoms with van der Waals surface area (Å²) in [6, 6.07) is 11.2. The number of carbonyl (C=O) groups excluding carboxylic acids is 1. The normalized spacial score (nSPS) is 12.5. The second-order valence-corrected chi connectivity index (χ2v) is 6.97. The lowest BCUT2D eigenvalue weighted by Gasteiger charge is -2.22. The maximum absolute atomic E-state index is 12.4. The van der Waals surface area contributed by atoms with Crippen molar-refractivity contribution in [2.45, 2.75) is 19.5 Å². The van der Waals surface area contributed by atoms with Gasteiger partial charge in [0.05, 0.1) is 28.5 Å². The van der Waals surface area contributed by atoms with Gasteiger partial charge in [0.15, 0.2) is 5.15 Å². The Morgan fingerprint density at radius 2 is 2.12 bits per heavy atom. The molecule has 1 N–H and O–H groups in total. The number of hydrogen-bond donors (Lipinski definition) is 1. The van der Waals surface area contributed by atoms with E-state index >= 15 is 0 Å². The number of hydrogen-bond acceptors (Lipinski definition) is 5. The van der Waals surface area contributed by atoms with Crippen LogP contribution in [0.5, 0.6) is 0 Å². The predicted octanol–water partition coefficient (Wildman–Crippen LogP) is 3.80. The molecular weight excluding hydrogens is 344 g/mol. The molecule has 0 radical (unpaired) electrons. The standard InChI is InChI=1S/C17H17ClN4OS/c1-11(17(23)21-13-7-5-9-19-16(13)18)22(2)10-15-20-12-6-3-4-8-14(12)24-15/h3-9,11H,10H2,1-2H3,(H,21,23). The molecule has 1 aromatic carbocycles. The van der Waals surface area contributed by atoms with Crippen LogP contribution in [0.1, 0.15) is 11.9 Å². The van der Waals surface area contributed by atoms with Gasteiger partial charge >= 0.3 is 0 Å². The molecule has 3 aromatic rings. The van der Waals surface area contributed by atoms with Crippen molar-refractivity contribution < 1.29 is 4.79 Å². The molecule has 0 spiro atoms. The number of nitrogens with one attached hydrogen (secondary N) is 1. The maximum atomic E-state index is 12.4. The van der Waals surface area contributed by atoms with Crippen LogP contribution in [-0.4, -0.2) is 33.9 Å². The number of carbonyl (C=O) groups is 1. The first-order valence-corrected chi connectivity index (χ1v) is 8.70. The third kappa shape index (κ3) is 3.72. The van der Waals surface area contributed by atoms with E-state index in [2.05, 4.69) is 21.4 Å². The van der Waals surface area contributed by atoms with Gasteiger partial charge in [-0.05, 0) is 38.2 Å². The summed E-state index contributed by atoms with van der Waals surface area (Å²) in [5.41, 5.74) is 1.51. The van der Waals surface area contributed by atoms with Gasteiger partial charge < -0.3 is 5.32 Å². The van der Waals surface area contributed by atoms with Crippen LogP contribution in [0.3, 0.4) is 0 Å². The number of para-hydroxylation sites is 1. The minimum absolute atomic E-state index is 0.131. The number of nitrogens with zero attached hydrogens (tertiary/aromatic N) is 3. The zero-order valence-corrected chi connectivity index (χ0v) is 14.9. The number of halogens is 1. The SMILES string of the molecule is CC(C(=O)Nc1cccnc1Cl)N(C)Cc1nc2ccccc2s1. The van der Waals surface area contributed by atoms with E-state index in [1.165, 1.54) is 0 Å². The summed E-state index contributed by atoms with van der Waals surface area (Å²) in [5, 5.41) is 4.08. The Kier molecular flexibility index (Phi) is 5.08. The highest BCUT2D eigenvalue weighted by Crippen LogP contribution is 2.23. The van der Waals surface area contributed by atoms with E-state index in [-0.39, 0.29) is 17.1 Å². The fraction of sp³-hybridized carbons (Fsp3) is 0.235. The molecule has 2 aromatic heterocycles. The van der Waals surface area contributed by atoms with E-state index in [1.54, 1.807) is 29.7 Å². The van der Waals surface area contributed by atoms with Gasteiger partial charge in [-0.2, -0.15) is 0 Å². The fourth-order valence-corrected chi connectivity index (χ4v) is 3.45. The number of anilines is 1. The van der Waals surface area contributed by atoms with E-state index in [4.69, 9.17) is 11.6 Å². The Morgan fingerprint density at radius 1 is 1.33 bits per heavy atom. The van der Waals surface area contributed by atoms with E-state index in [0.717, 1.165) is 15.2 Å². The van der Waals surface area contributed by atoms with Gasteiger partial charge in [-0.1, -0.05) is 23.7 Å². The van der Waals surface area contributed by atoms with Gasteiger partial charge in [0.2, 0.25) is 5.91 Å². The molecule has 0 fully saturated rings. The quantitative estimate of drug-likeness (QED) is 0.703. The highest BCUT2D eigenvalue weighted by molar-refractivity contribution is 7.18. The molecule has 24 heavy (non-hydrogen) atoms. The number of rotatable bonds is 5. The third-order valence-electron chi connectivity index (χ3n) is 3.78. The smallest absolute Gasteiger partial charge is 0.241 e. The lowest BCUT2D eigenvalue weighted by Crippen LogP contribution is -2.39. The first kappa shape index (κ1) is 16.8. The second-order valence-electron chi connectivity index (χ2n) is 5.50. The van der Waals surface area contributed by atoms with Crippen molar-refractivity contribution in [2.24, 2.45) is 0 Å². The molecule has 2 heterocycles. The summed E-state index contributed by atoms with van der Waals surface area (Å²) < 4.78 is 1.15. The number of aromatic nitrogens is 2. The van der Waals surface area contributed by atoms with Crippen LogP contribution in [0.15, 0.2) is 42.6 Å². The van der Waals surface area contributed by atoms with Gasteiger partial charge in [0.25, 0.3) is 0 Å². The molecule has 3 rings (SSSR count). The van der Waals surface area contributed by atoms with Crippen LogP contribution in [0.4, 0.5) is 5.69 Å². The highest BCUT2D eigenvalue weighted by atomic mass is 35.5. The summed E-state index contributed by atoms with van der Waals surface area (Å²) in [6.45, 7) is 2.46. The zero-order valence-electron chi connectivity index (χ0n) is 13.4. The van der Waals surface area contributed by atoms with Crippen LogP contribution in [0.2, 0.25) is 5.15 Å². The van der Waals surface area contributed by atoms with Gasteiger partial charge in [-0.3, -0.25) is 9.69 Å². The average molecular weight is 361 g/mol. The summed E-state index contributed by atoms with van der Waals surface area (Å²) in [5.74, 6) is -0.131. The summed E-state index contributed by atoms with van der Waals surface area (Å²) in [6.07, 6.45) is 1.58. The lowest BCUT2D eigenvalue weighted by molar-refractivity contribution is -0.120. The number of fused-ring (bicyclic) bond motifs is 1. The van der Waals surface area contributed by atoms with Crippen molar-refractivity contribution in [3.05, 3.63) is 52.8 Å². The lowest BCUT2D eigenvalue weighted by atomic mass is 10.2. The van der Waals surface area contributed by atoms with Gasteiger partial charge in [-0.25, -0.2) is 9.97 Å². The molecule has 124 valence electrons. The fourth-order valence-electron chi connectivity index (χ4n) is 2.25. The Morgan fingerprint density at radius 3 is 2.88 bits per heavy atom. The number of amides is 1. The topological polar surface area (TPSA) is 58.1 Å². The van der Waals surface area contributed by atoms with Crippen LogP contribution < -0.4 is 5.32 Å². The Balaban J connectivity index is 1.66. The van der Waals surface area contributed by atoms with Crippen molar-refractivity contribution in [1.82, 2.24) is 14.9 Å². The van der Waals surface area contributed by atoms with Crippen LogP contribution in [0, 0.1) is 0 Å². The van der Waals surface area contributed by atoms with E-state index < -0.39 is 0 Å². The zero-order chi connectivity index (χ0) is 17.1. The number of thiazole rings is 1. The number of benzene rings is 1. The van der Waals surface area contributed by atoms with Gasteiger partial charge in [0.1, 0.15) is 5.01 Å². The Bertz CT molecular complexity index is 833. The monoisotopic (exact) mass is 360 g/mol. The van der Waals surface area contributed by atoms with Crippen molar-refractivity contribution >= 4 is 44.7 Å². The molecule has 1 atom stereocenters. The molecule has 0 saturated carbocycles. The predicted molar refractivity (Wildman–Crippen MR) is 98.4 cm³/mol. The number of likely N-dealkylation sites (N-methyl/N-ethyl adjacent to an activating group) is 1. The number of pyridine rings is 1. The molecule has 7 heteroatoms. The molecule has 0 aliphatic heterocycles. The molecular formula is C17H17ClN4OS. The molecule has 0 bridgehead atoms.